The number of carbonyl (C=O) groups excluding carboxylic acids is 1. The van der Waals surface area contributed by atoms with Crippen molar-refractivity contribution in [3.05, 3.63) is 65.2 Å². The largest absolute Gasteiger partial charge is 1.00 e. The first-order valence-electron chi connectivity index (χ1n) is 6.13. The zero-order valence-corrected chi connectivity index (χ0v) is 11.7. The van der Waals surface area contributed by atoms with Crippen molar-refractivity contribution in [3.8, 4) is 5.75 Å². The number of nitrogens with one attached hydrogen (secondary N) is 1. The lowest BCUT2D eigenvalue weighted by Gasteiger charge is -2.06. The van der Waals surface area contributed by atoms with E-state index in [0.717, 1.165) is 17.7 Å². The lowest BCUT2D eigenvalue weighted by atomic mass is 10.1. The van der Waals surface area contributed by atoms with Crippen molar-refractivity contribution in [1.29, 1.82) is 0 Å². The van der Waals surface area contributed by atoms with Crippen LogP contribution in [0.25, 0.3) is 0 Å². The Morgan fingerprint density at radius 2 is 1.75 bits per heavy atom. The van der Waals surface area contributed by atoms with E-state index < -0.39 is 0 Å². The molecular weight excluding hydrogens is 276 g/mol. The summed E-state index contributed by atoms with van der Waals surface area (Å²) in [6.45, 7) is 1.22. The zero-order chi connectivity index (χ0) is 13.7. The lowest BCUT2D eigenvalue weighted by Crippen LogP contribution is -3.00. The summed E-state index contributed by atoms with van der Waals surface area (Å²) in [7, 11) is 0. The van der Waals surface area contributed by atoms with Gasteiger partial charge in [0, 0.05) is 17.7 Å². The number of amides is 1. The van der Waals surface area contributed by atoms with E-state index in [1.165, 1.54) is 12.1 Å². The predicted octanol–water partition coefficient (Wildman–Crippen LogP) is -1.93. The molecule has 106 valence electrons. The molecule has 0 bridgehead atoms. The van der Waals surface area contributed by atoms with Crippen LogP contribution in [0.3, 0.4) is 0 Å². The van der Waals surface area contributed by atoms with Crippen molar-refractivity contribution in [3.63, 3.8) is 0 Å². The Hall–Kier alpha value is -2.04. The van der Waals surface area contributed by atoms with Crippen LogP contribution in [0.5, 0.6) is 5.75 Å². The van der Waals surface area contributed by atoms with Gasteiger partial charge in [-0.3, -0.25) is 4.79 Å². The monoisotopic (exact) mass is 292 g/mol. The summed E-state index contributed by atoms with van der Waals surface area (Å²) in [6.07, 6.45) is 0. The van der Waals surface area contributed by atoms with Crippen molar-refractivity contribution >= 4 is 5.91 Å². The summed E-state index contributed by atoms with van der Waals surface area (Å²) in [6, 6.07) is 14.2. The fourth-order valence-corrected chi connectivity index (χ4v) is 1.79. The van der Waals surface area contributed by atoms with E-state index in [4.69, 9.17) is 5.11 Å². The van der Waals surface area contributed by atoms with Crippen LogP contribution in [0, 0.1) is 0 Å². The van der Waals surface area contributed by atoms with Gasteiger partial charge in [0.2, 0.25) is 0 Å². The van der Waals surface area contributed by atoms with Crippen LogP contribution < -0.4 is 23.5 Å². The molecule has 5 N–H and O–H groups in total. The SMILES string of the molecule is [Cl-].[NH3+]Cc1cccc(CNC(=O)c2ccc(O)cc2)c1. The average Bonchev–Trinajstić information content (AvgIpc) is 2.46. The maximum absolute atomic E-state index is 11.9. The third-order valence-electron chi connectivity index (χ3n) is 2.86. The molecule has 0 atom stereocenters. The Balaban J connectivity index is 0.00000200. The number of hydrogen-bond acceptors (Lipinski definition) is 2. The summed E-state index contributed by atoms with van der Waals surface area (Å²) in [5.41, 5.74) is 6.57. The molecule has 0 aliphatic heterocycles. The standard InChI is InChI=1S/C15H16N2O2.ClH/c16-9-11-2-1-3-12(8-11)10-17-15(19)13-4-6-14(18)7-5-13;/h1-8,18H,9-10,16H2,(H,17,19);1H. The van der Waals surface area contributed by atoms with Gasteiger partial charge in [-0.2, -0.15) is 0 Å². The Morgan fingerprint density at radius 1 is 1.10 bits per heavy atom. The zero-order valence-electron chi connectivity index (χ0n) is 11.0. The third kappa shape index (κ3) is 4.26. The molecule has 20 heavy (non-hydrogen) atoms. The van der Waals surface area contributed by atoms with Gasteiger partial charge in [0.25, 0.3) is 5.91 Å². The number of carbonyl (C=O) groups is 1. The van der Waals surface area contributed by atoms with Gasteiger partial charge in [-0.15, -0.1) is 0 Å². The number of phenols is 1. The maximum Gasteiger partial charge on any atom is 0.251 e. The van der Waals surface area contributed by atoms with Crippen molar-refractivity contribution in [2.75, 3.05) is 0 Å². The van der Waals surface area contributed by atoms with Gasteiger partial charge >= 0.3 is 0 Å². The molecule has 2 aromatic rings. The van der Waals surface area contributed by atoms with E-state index in [9.17, 15) is 4.79 Å². The second-order valence-corrected chi connectivity index (χ2v) is 4.30. The minimum atomic E-state index is -0.153. The van der Waals surface area contributed by atoms with E-state index in [1.807, 2.05) is 24.3 Å². The Bertz CT molecular complexity index is 570. The summed E-state index contributed by atoms with van der Waals surface area (Å²) in [5, 5.41) is 12.0. The molecule has 0 fully saturated rings. The van der Waals surface area contributed by atoms with E-state index in [-0.39, 0.29) is 24.1 Å². The first-order chi connectivity index (χ1) is 9.19. The van der Waals surface area contributed by atoms with Crippen LogP contribution in [-0.4, -0.2) is 11.0 Å². The highest BCUT2D eigenvalue weighted by Crippen LogP contribution is 2.10. The normalized spacial score (nSPS) is 9.65. The number of quaternary nitrogens is 1. The molecular formula is C15H17ClN2O2. The quantitative estimate of drug-likeness (QED) is 0.614. The number of hydrogen-bond donors (Lipinski definition) is 3. The highest BCUT2D eigenvalue weighted by atomic mass is 35.5. The first kappa shape index (κ1) is 16.0. The fourth-order valence-electron chi connectivity index (χ4n) is 1.79. The molecule has 1 amide bonds. The Labute approximate surface area is 124 Å². The number of rotatable bonds is 4. The van der Waals surface area contributed by atoms with Gasteiger partial charge in [0.15, 0.2) is 0 Å². The second kappa shape index (κ2) is 7.53. The highest BCUT2D eigenvalue weighted by molar-refractivity contribution is 5.94. The Morgan fingerprint density at radius 3 is 2.40 bits per heavy atom. The van der Waals surface area contributed by atoms with Crippen LogP contribution in [0.4, 0.5) is 0 Å². The molecule has 2 aromatic carbocycles. The van der Waals surface area contributed by atoms with E-state index in [2.05, 4.69) is 11.1 Å². The molecule has 0 spiro atoms. The van der Waals surface area contributed by atoms with Gasteiger partial charge in [-0.05, 0) is 35.9 Å². The molecule has 5 heteroatoms. The van der Waals surface area contributed by atoms with Crippen LogP contribution in [-0.2, 0) is 13.1 Å². The number of halogens is 1. The summed E-state index contributed by atoms with van der Waals surface area (Å²) in [4.78, 5) is 11.9. The first-order valence-corrected chi connectivity index (χ1v) is 6.13. The van der Waals surface area contributed by atoms with Crippen LogP contribution in [0.1, 0.15) is 21.5 Å². The summed E-state index contributed by atoms with van der Waals surface area (Å²) in [5.74, 6) is -0.000256. The topological polar surface area (TPSA) is 77.0 Å². The molecule has 2 rings (SSSR count). The van der Waals surface area contributed by atoms with Crippen molar-refractivity contribution < 1.29 is 28.0 Å². The lowest BCUT2D eigenvalue weighted by molar-refractivity contribution is -0.386. The van der Waals surface area contributed by atoms with Gasteiger partial charge in [-0.1, -0.05) is 18.2 Å². The smallest absolute Gasteiger partial charge is 0.251 e. The van der Waals surface area contributed by atoms with E-state index >= 15 is 0 Å². The van der Waals surface area contributed by atoms with Gasteiger partial charge in [0.05, 0.1) is 6.54 Å². The molecule has 0 aromatic heterocycles. The summed E-state index contributed by atoms with van der Waals surface area (Å²) < 4.78 is 0. The minimum absolute atomic E-state index is 0. The van der Waals surface area contributed by atoms with Crippen LogP contribution in [0.15, 0.2) is 48.5 Å². The van der Waals surface area contributed by atoms with Gasteiger partial charge in [-0.25, -0.2) is 0 Å². The summed E-state index contributed by atoms with van der Waals surface area (Å²) >= 11 is 0. The molecule has 0 saturated heterocycles. The molecule has 0 saturated carbocycles. The van der Waals surface area contributed by atoms with E-state index in [1.54, 1.807) is 12.1 Å². The maximum atomic E-state index is 11.9. The minimum Gasteiger partial charge on any atom is -1.00 e. The van der Waals surface area contributed by atoms with E-state index in [0.29, 0.717) is 12.1 Å². The van der Waals surface area contributed by atoms with Crippen molar-refractivity contribution in [1.82, 2.24) is 5.32 Å². The molecule has 0 radical (unpaired) electrons. The van der Waals surface area contributed by atoms with Gasteiger partial charge < -0.3 is 28.6 Å². The van der Waals surface area contributed by atoms with Crippen molar-refractivity contribution in [2.24, 2.45) is 0 Å². The molecule has 0 aliphatic carbocycles. The molecule has 4 nitrogen and oxygen atoms in total. The van der Waals surface area contributed by atoms with Crippen LogP contribution in [0.2, 0.25) is 0 Å². The predicted molar refractivity (Wildman–Crippen MR) is 72.3 cm³/mol. The third-order valence-corrected chi connectivity index (χ3v) is 2.86. The van der Waals surface area contributed by atoms with Crippen LogP contribution >= 0.6 is 0 Å². The molecule has 0 aliphatic rings. The molecule has 0 unspecified atom stereocenters. The second-order valence-electron chi connectivity index (χ2n) is 4.30. The van der Waals surface area contributed by atoms with Gasteiger partial charge in [0.1, 0.15) is 5.75 Å². The number of aromatic hydroxyl groups is 1. The number of phenolic OH excluding ortho intramolecular Hbond substituents is 1. The van der Waals surface area contributed by atoms with Crippen molar-refractivity contribution in [2.45, 2.75) is 13.1 Å². The Kier molecular flexibility index (Phi) is 6.03. The number of benzene rings is 2. The fraction of sp³-hybridized carbons (Fsp3) is 0.133. The molecule has 0 heterocycles. The average molecular weight is 293 g/mol. The highest BCUT2D eigenvalue weighted by Gasteiger charge is 2.05.